The third-order valence-corrected chi connectivity index (χ3v) is 3.68. The molecule has 3 heterocycles. The molecule has 1 saturated heterocycles. The first-order chi connectivity index (χ1) is 12.5. The molecule has 2 aromatic heterocycles. The summed E-state index contributed by atoms with van der Waals surface area (Å²) in [7, 11) is 1.50. The molecule has 26 heavy (non-hydrogen) atoms. The zero-order valence-corrected chi connectivity index (χ0v) is 17.6. The van der Waals surface area contributed by atoms with Crippen molar-refractivity contribution in [3.05, 3.63) is 29.2 Å². The summed E-state index contributed by atoms with van der Waals surface area (Å²) in [6.07, 6.45) is 3.43. The van der Waals surface area contributed by atoms with Crippen LogP contribution in [-0.2, 0) is 4.79 Å². The van der Waals surface area contributed by atoms with Gasteiger partial charge in [0.05, 0.1) is 18.5 Å². The average Bonchev–Trinajstić information content (AvgIpc) is 2.64. The molecule has 1 amide bonds. The number of ether oxygens (including phenoxy) is 1. The number of rotatable bonds is 2. The molecule has 0 aliphatic carbocycles. The third kappa shape index (κ3) is 6.11. The molecule has 2 aromatic rings. The Kier molecular flexibility index (Phi) is 11.5. The summed E-state index contributed by atoms with van der Waals surface area (Å²) in [5.74, 6) is 0.614. The molecule has 1 fully saturated rings. The lowest BCUT2D eigenvalue weighted by molar-refractivity contribution is -0.137. The zero-order chi connectivity index (χ0) is 20.3. The van der Waals surface area contributed by atoms with E-state index in [1.54, 1.807) is 24.2 Å². The fourth-order valence-corrected chi connectivity index (χ4v) is 2.40. The standard InChI is InChI=1S/C14H14ClN3O2.2C2H6.CH5N/c1-8-4-17-14(12-5-16-13(15)3-11(8)12)20-10-6-18(7-10)9(2)19;3*1-2/h3-5,10H,6-7H2,1-2H3;2*1-2H3;2H2,1H3. The van der Waals surface area contributed by atoms with E-state index in [-0.39, 0.29) is 12.0 Å². The lowest BCUT2D eigenvalue weighted by Crippen LogP contribution is -2.55. The van der Waals surface area contributed by atoms with E-state index in [0.29, 0.717) is 24.1 Å². The smallest absolute Gasteiger partial charge is 0.223 e. The van der Waals surface area contributed by atoms with Gasteiger partial charge in [0, 0.05) is 19.3 Å². The monoisotopic (exact) mass is 382 g/mol. The van der Waals surface area contributed by atoms with Crippen LogP contribution in [0.15, 0.2) is 18.5 Å². The number of fused-ring (bicyclic) bond motifs is 1. The molecular formula is C19H31ClN4O2. The van der Waals surface area contributed by atoms with Gasteiger partial charge in [0.25, 0.3) is 0 Å². The molecule has 7 heteroatoms. The maximum atomic E-state index is 11.1. The molecule has 0 unspecified atom stereocenters. The molecule has 0 aromatic carbocycles. The molecule has 0 saturated carbocycles. The normalized spacial score (nSPS) is 12.4. The van der Waals surface area contributed by atoms with Crippen LogP contribution in [0.2, 0.25) is 5.15 Å². The van der Waals surface area contributed by atoms with Crippen molar-refractivity contribution in [2.24, 2.45) is 5.73 Å². The molecule has 1 aliphatic rings. The Bertz CT molecular complexity index is 689. The van der Waals surface area contributed by atoms with Crippen molar-refractivity contribution in [2.75, 3.05) is 20.1 Å². The lowest BCUT2D eigenvalue weighted by Gasteiger charge is -2.38. The van der Waals surface area contributed by atoms with Crippen molar-refractivity contribution in [1.29, 1.82) is 0 Å². The molecule has 1 aliphatic heterocycles. The van der Waals surface area contributed by atoms with Crippen LogP contribution in [0.4, 0.5) is 0 Å². The Morgan fingerprint density at radius 2 is 1.73 bits per heavy atom. The van der Waals surface area contributed by atoms with Crippen LogP contribution in [0.5, 0.6) is 5.88 Å². The first-order valence-corrected chi connectivity index (χ1v) is 9.33. The fourth-order valence-electron chi connectivity index (χ4n) is 2.24. The Balaban J connectivity index is 0.000000948. The summed E-state index contributed by atoms with van der Waals surface area (Å²) in [6, 6.07) is 1.81. The fraction of sp³-hybridized carbons (Fsp3) is 0.526. The van der Waals surface area contributed by atoms with Crippen molar-refractivity contribution in [3.8, 4) is 5.88 Å². The molecule has 0 radical (unpaired) electrons. The molecule has 0 bridgehead atoms. The number of halogens is 1. The van der Waals surface area contributed by atoms with E-state index in [1.807, 2.05) is 40.7 Å². The Morgan fingerprint density at radius 1 is 1.15 bits per heavy atom. The highest BCUT2D eigenvalue weighted by Crippen LogP contribution is 2.28. The number of carbonyl (C=O) groups excluding carboxylic acids is 1. The largest absolute Gasteiger partial charge is 0.470 e. The van der Waals surface area contributed by atoms with Gasteiger partial charge in [-0.1, -0.05) is 39.3 Å². The molecule has 0 spiro atoms. The van der Waals surface area contributed by atoms with Gasteiger partial charge in [-0.3, -0.25) is 4.79 Å². The van der Waals surface area contributed by atoms with Gasteiger partial charge in [-0.2, -0.15) is 0 Å². The minimum atomic E-state index is -0.00650. The minimum Gasteiger partial charge on any atom is -0.470 e. The van der Waals surface area contributed by atoms with E-state index in [9.17, 15) is 4.79 Å². The van der Waals surface area contributed by atoms with Crippen LogP contribution in [0.25, 0.3) is 10.8 Å². The first kappa shape index (κ1) is 24.1. The highest BCUT2D eigenvalue weighted by atomic mass is 35.5. The maximum Gasteiger partial charge on any atom is 0.223 e. The van der Waals surface area contributed by atoms with Gasteiger partial charge < -0.3 is 15.4 Å². The second-order valence-electron chi connectivity index (χ2n) is 4.96. The van der Waals surface area contributed by atoms with E-state index in [1.165, 1.54) is 7.05 Å². The van der Waals surface area contributed by atoms with Gasteiger partial charge in [0.1, 0.15) is 11.3 Å². The van der Waals surface area contributed by atoms with Gasteiger partial charge in [0.15, 0.2) is 0 Å². The summed E-state index contributed by atoms with van der Waals surface area (Å²) >= 11 is 5.92. The number of carbonyl (C=O) groups is 1. The third-order valence-electron chi connectivity index (χ3n) is 3.47. The predicted molar refractivity (Wildman–Crippen MR) is 109 cm³/mol. The Hall–Kier alpha value is -1.92. The summed E-state index contributed by atoms with van der Waals surface area (Å²) in [5.41, 5.74) is 5.52. The van der Waals surface area contributed by atoms with Gasteiger partial charge in [-0.05, 0) is 31.0 Å². The number of pyridine rings is 2. The Labute approximate surface area is 161 Å². The molecule has 146 valence electrons. The molecule has 3 rings (SSSR count). The Morgan fingerprint density at radius 3 is 2.27 bits per heavy atom. The lowest BCUT2D eigenvalue weighted by atomic mass is 10.1. The van der Waals surface area contributed by atoms with Crippen LogP contribution in [0.1, 0.15) is 40.2 Å². The van der Waals surface area contributed by atoms with Crippen LogP contribution >= 0.6 is 11.6 Å². The number of aromatic nitrogens is 2. The van der Waals surface area contributed by atoms with Gasteiger partial charge in [-0.25, -0.2) is 9.97 Å². The minimum absolute atomic E-state index is 0.00650. The highest BCUT2D eigenvalue weighted by molar-refractivity contribution is 6.30. The number of aryl methyl sites for hydroxylation is 1. The van der Waals surface area contributed by atoms with Gasteiger partial charge in [-0.15, -0.1) is 0 Å². The topological polar surface area (TPSA) is 81.3 Å². The van der Waals surface area contributed by atoms with E-state index in [4.69, 9.17) is 16.3 Å². The van der Waals surface area contributed by atoms with Crippen molar-refractivity contribution >= 4 is 28.3 Å². The van der Waals surface area contributed by atoms with E-state index >= 15 is 0 Å². The summed E-state index contributed by atoms with van der Waals surface area (Å²) in [4.78, 5) is 21.3. The molecule has 2 N–H and O–H groups in total. The first-order valence-electron chi connectivity index (χ1n) is 8.95. The van der Waals surface area contributed by atoms with Gasteiger partial charge in [0.2, 0.25) is 11.8 Å². The van der Waals surface area contributed by atoms with Crippen molar-refractivity contribution < 1.29 is 9.53 Å². The number of hydrogen-bond acceptors (Lipinski definition) is 5. The second kappa shape index (κ2) is 12.4. The summed E-state index contributed by atoms with van der Waals surface area (Å²) in [6.45, 7) is 12.7. The number of likely N-dealkylation sites (tertiary alicyclic amines) is 1. The van der Waals surface area contributed by atoms with E-state index in [2.05, 4.69) is 15.7 Å². The molecular weight excluding hydrogens is 352 g/mol. The van der Waals surface area contributed by atoms with Crippen molar-refractivity contribution in [2.45, 2.75) is 47.6 Å². The van der Waals surface area contributed by atoms with E-state index < -0.39 is 0 Å². The van der Waals surface area contributed by atoms with E-state index in [0.717, 1.165) is 16.3 Å². The van der Waals surface area contributed by atoms with Crippen LogP contribution in [-0.4, -0.2) is 47.0 Å². The van der Waals surface area contributed by atoms with Crippen LogP contribution in [0, 0.1) is 6.92 Å². The number of nitrogens with zero attached hydrogens (tertiary/aromatic N) is 3. The molecule has 0 atom stereocenters. The SMILES string of the molecule is CC.CC.CC(=O)N1CC(Oc2ncc(C)c3cc(Cl)ncc23)C1.CN. The molecule has 6 nitrogen and oxygen atoms in total. The average molecular weight is 383 g/mol. The predicted octanol–water partition coefficient (Wildman–Crippen LogP) is 3.83. The quantitative estimate of drug-likeness (QED) is 0.798. The van der Waals surface area contributed by atoms with Crippen LogP contribution < -0.4 is 10.5 Å². The summed E-state index contributed by atoms with van der Waals surface area (Å²) in [5, 5.41) is 2.28. The second-order valence-corrected chi connectivity index (χ2v) is 5.35. The summed E-state index contributed by atoms with van der Waals surface area (Å²) < 4.78 is 5.85. The van der Waals surface area contributed by atoms with Crippen molar-refractivity contribution in [1.82, 2.24) is 14.9 Å². The van der Waals surface area contributed by atoms with Gasteiger partial charge >= 0.3 is 0 Å². The van der Waals surface area contributed by atoms with Crippen molar-refractivity contribution in [3.63, 3.8) is 0 Å². The zero-order valence-electron chi connectivity index (χ0n) is 16.8. The van der Waals surface area contributed by atoms with Crippen LogP contribution in [0.3, 0.4) is 0 Å². The number of nitrogens with two attached hydrogens (primary N) is 1. The maximum absolute atomic E-state index is 11.1. The highest BCUT2D eigenvalue weighted by Gasteiger charge is 2.31. The number of amides is 1. The number of hydrogen-bond donors (Lipinski definition) is 1.